The van der Waals surface area contributed by atoms with Crippen molar-refractivity contribution in [3.05, 3.63) is 211 Å². The zero-order chi connectivity index (χ0) is 40.5. The summed E-state index contributed by atoms with van der Waals surface area (Å²) in [6, 6.07) is 71.0. The molecule has 0 aliphatic heterocycles. The van der Waals surface area contributed by atoms with Gasteiger partial charge in [0.15, 0.2) is 0 Å². The molecule has 0 spiro atoms. The van der Waals surface area contributed by atoms with Crippen molar-refractivity contribution >= 4 is 49.8 Å². The molecule has 0 radical (unpaired) electrons. The molecule has 10 aromatic rings. The van der Waals surface area contributed by atoms with Gasteiger partial charge in [-0.15, -0.1) is 0 Å². The van der Waals surface area contributed by atoms with Gasteiger partial charge in [0.1, 0.15) is 11.2 Å². The van der Waals surface area contributed by atoms with Crippen molar-refractivity contribution < 1.29 is 4.42 Å². The van der Waals surface area contributed by atoms with Gasteiger partial charge in [-0.3, -0.25) is 0 Å². The lowest BCUT2D eigenvalue weighted by Gasteiger charge is -2.28. The van der Waals surface area contributed by atoms with E-state index in [2.05, 4.69) is 215 Å². The molecule has 0 unspecified atom stereocenters. The summed E-state index contributed by atoms with van der Waals surface area (Å²) in [4.78, 5) is 2.42. The van der Waals surface area contributed by atoms with Crippen LogP contribution in [-0.4, -0.2) is 0 Å². The quantitative estimate of drug-likeness (QED) is 0.160. The van der Waals surface area contributed by atoms with Crippen LogP contribution in [0.5, 0.6) is 0 Å². The van der Waals surface area contributed by atoms with Gasteiger partial charge in [-0.25, -0.2) is 0 Å². The Hall–Kier alpha value is -7.16. The molecule has 9 aromatic carbocycles. The first-order valence-corrected chi connectivity index (χ1v) is 21.1. The predicted molar refractivity (Wildman–Crippen MR) is 254 cm³/mol. The van der Waals surface area contributed by atoms with E-state index in [-0.39, 0.29) is 5.41 Å². The number of furan rings is 1. The van der Waals surface area contributed by atoms with E-state index < -0.39 is 0 Å². The SMILES string of the molecule is CC(C)c1cccc2c1-c1ccc(N(c3ccc(-c4ccc5oc6ccccc6c5c4)cc3)c3ccc(-c4ccc5ccccc5c4-c4ccccc4)cc3)cc1C2(C)C. The van der Waals surface area contributed by atoms with Crippen LogP contribution in [0.2, 0.25) is 0 Å². The first-order valence-electron chi connectivity index (χ1n) is 21.1. The van der Waals surface area contributed by atoms with Crippen LogP contribution in [0.3, 0.4) is 0 Å². The van der Waals surface area contributed by atoms with Gasteiger partial charge in [0, 0.05) is 33.2 Å². The van der Waals surface area contributed by atoms with Crippen molar-refractivity contribution in [2.75, 3.05) is 4.90 Å². The maximum atomic E-state index is 6.15. The van der Waals surface area contributed by atoms with Crippen LogP contribution in [0, 0.1) is 0 Å². The Morgan fingerprint density at radius 3 is 1.82 bits per heavy atom. The number of hydrogen-bond donors (Lipinski definition) is 0. The van der Waals surface area contributed by atoms with Gasteiger partial charge in [0.2, 0.25) is 0 Å². The van der Waals surface area contributed by atoms with Gasteiger partial charge < -0.3 is 9.32 Å². The van der Waals surface area contributed by atoms with E-state index in [4.69, 9.17) is 4.42 Å². The van der Waals surface area contributed by atoms with Crippen LogP contribution >= 0.6 is 0 Å². The lowest BCUT2D eigenvalue weighted by Crippen LogP contribution is -2.16. The van der Waals surface area contributed by atoms with E-state index in [0.29, 0.717) is 5.92 Å². The smallest absolute Gasteiger partial charge is 0.135 e. The molecule has 0 atom stereocenters. The van der Waals surface area contributed by atoms with Crippen molar-refractivity contribution in [1.29, 1.82) is 0 Å². The van der Waals surface area contributed by atoms with Gasteiger partial charge in [-0.2, -0.15) is 0 Å². The third-order valence-corrected chi connectivity index (χ3v) is 12.9. The second kappa shape index (κ2) is 14.0. The molecular formula is C58H45NO. The Kier molecular flexibility index (Phi) is 8.39. The maximum absolute atomic E-state index is 6.15. The van der Waals surface area contributed by atoms with Crippen LogP contribution < -0.4 is 4.90 Å². The number of fused-ring (bicyclic) bond motifs is 7. The Bertz CT molecular complexity index is 3240. The summed E-state index contributed by atoms with van der Waals surface area (Å²) in [6.45, 7) is 9.38. The van der Waals surface area contributed by atoms with Crippen LogP contribution in [0.25, 0.3) is 77.2 Å². The normalized spacial score (nSPS) is 12.9. The number of nitrogens with zero attached hydrogens (tertiary/aromatic N) is 1. The topological polar surface area (TPSA) is 16.4 Å². The largest absolute Gasteiger partial charge is 0.456 e. The molecule has 0 bridgehead atoms. The number of rotatable bonds is 7. The molecule has 0 saturated heterocycles. The fraction of sp³-hybridized carbons (Fsp3) is 0.103. The van der Waals surface area contributed by atoms with Crippen LogP contribution in [0.15, 0.2) is 199 Å². The van der Waals surface area contributed by atoms with Gasteiger partial charge >= 0.3 is 0 Å². The second-order valence-electron chi connectivity index (χ2n) is 17.1. The number of anilines is 3. The third-order valence-electron chi connectivity index (χ3n) is 12.9. The van der Waals surface area contributed by atoms with Crippen molar-refractivity contribution in [3.8, 4) is 44.5 Å². The standard InChI is InChI=1S/C58H45NO/c1-37(2)46-18-12-19-52-57(46)50-33-31-45(36-53(50)58(52,3)4)59(43-27-21-38(22-28-43)42-26-34-55-51(35-42)49-17-10-11-20-54(49)60-55)44-29-23-40(24-30-44)48-32-25-39-13-8-9-16-47(39)56(48)41-14-6-5-7-15-41/h5-37H,1-4H3. The second-order valence-corrected chi connectivity index (χ2v) is 17.1. The van der Waals surface area contributed by atoms with Crippen molar-refractivity contribution in [1.82, 2.24) is 0 Å². The highest BCUT2D eigenvalue weighted by Crippen LogP contribution is 2.53. The summed E-state index contributed by atoms with van der Waals surface area (Å²) < 4.78 is 6.15. The molecule has 60 heavy (non-hydrogen) atoms. The minimum Gasteiger partial charge on any atom is -0.456 e. The highest BCUT2D eigenvalue weighted by Gasteiger charge is 2.37. The molecule has 0 fully saturated rings. The Morgan fingerprint density at radius 2 is 1.05 bits per heavy atom. The van der Waals surface area contributed by atoms with E-state index >= 15 is 0 Å². The minimum absolute atomic E-state index is 0.134. The first-order chi connectivity index (χ1) is 29.3. The van der Waals surface area contributed by atoms with E-state index in [1.165, 1.54) is 66.4 Å². The highest BCUT2D eigenvalue weighted by atomic mass is 16.3. The van der Waals surface area contributed by atoms with Gasteiger partial charge in [-0.05, 0) is 132 Å². The summed E-state index contributed by atoms with van der Waals surface area (Å²) in [5, 5.41) is 4.78. The molecule has 0 amide bonds. The Balaban J connectivity index is 1.04. The molecule has 1 heterocycles. The molecule has 0 saturated carbocycles. The molecule has 2 heteroatoms. The van der Waals surface area contributed by atoms with E-state index in [0.717, 1.165) is 44.6 Å². The molecule has 1 aliphatic carbocycles. The maximum Gasteiger partial charge on any atom is 0.135 e. The summed E-state index contributed by atoms with van der Waals surface area (Å²) in [5.41, 5.74) is 19.2. The van der Waals surface area contributed by atoms with Crippen molar-refractivity contribution in [3.63, 3.8) is 0 Å². The molecular weight excluding hydrogens is 727 g/mol. The minimum atomic E-state index is -0.134. The van der Waals surface area contributed by atoms with Gasteiger partial charge in [-0.1, -0.05) is 167 Å². The van der Waals surface area contributed by atoms with Crippen molar-refractivity contribution in [2.45, 2.75) is 39.0 Å². The summed E-state index contributed by atoms with van der Waals surface area (Å²) in [6.07, 6.45) is 0. The number of hydrogen-bond acceptors (Lipinski definition) is 2. The summed E-state index contributed by atoms with van der Waals surface area (Å²) in [7, 11) is 0. The van der Waals surface area contributed by atoms with Crippen LogP contribution in [-0.2, 0) is 5.41 Å². The van der Waals surface area contributed by atoms with E-state index in [1.54, 1.807) is 0 Å². The summed E-state index contributed by atoms with van der Waals surface area (Å²) >= 11 is 0. The fourth-order valence-electron chi connectivity index (χ4n) is 9.80. The van der Waals surface area contributed by atoms with Gasteiger partial charge in [0.05, 0.1) is 0 Å². The molecule has 0 N–H and O–H groups in total. The molecule has 1 aliphatic rings. The lowest BCUT2D eigenvalue weighted by molar-refractivity contribution is 0.659. The average molecular weight is 772 g/mol. The molecule has 2 nitrogen and oxygen atoms in total. The van der Waals surface area contributed by atoms with Crippen molar-refractivity contribution in [2.24, 2.45) is 0 Å². The zero-order valence-corrected chi connectivity index (χ0v) is 34.4. The lowest BCUT2D eigenvalue weighted by atomic mass is 9.81. The van der Waals surface area contributed by atoms with Gasteiger partial charge in [0.25, 0.3) is 0 Å². The number of para-hydroxylation sites is 1. The predicted octanol–water partition coefficient (Wildman–Crippen LogP) is 16.6. The average Bonchev–Trinajstić information content (AvgIpc) is 3.78. The van der Waals surface area contributed by atoms with Crippen LogP contribution in [0.4, 0.5) is 17.1 Å². The number of benzene rings is 9. The Labute approximate surface area is 352 Å². The van der Waals surface area contributed by atoms with Crippen LogP contribution in [0.1, 0.15) is 50.3 Å². The summed E-state index contributed by atoms with van der Waals surface area (Å²) in [5.74, 6) is 0.438. The first kappa shape index (κ1) is 36.0. The molecule has 11 rings (SSSR count). The fourth-order valence-corrected chi connectivity index (χ4v) is 9.80. The monoisotopic (exact) mass is 771 g/mol. The Morgan fingerprint density at radius 1 is 0.417 bits per heavy atom. The van der Waals surface area contributed by atoms with E-state index in [9.17, 15) is 0 Å². The zero-order valence-electron chi connectivity index (χ0n) is 34.4. The van der Waals surface area contributed by atoms with E-state index in [1.807, 2.05) is 12.1 Å². The molecule has 1 aromatic heterocycles. The third kappa shape index (κ3) is 5.78. The highest BCUT2D eigenvalue weighted by molar-refractivity contribution is 6.07. The molecule has 288 valence electrons.